The maximum atomic E-state index is 8.77. The summed E-state index contributed by atoms with van der Waals surface area (Å²) in [6, 6.07) is 27.0. The van der Waals surface area contributed by atoms with Gasteiger partial charge in [0, 0.05) is 34.9 Å². The van der Waals surface area contributed by atoms with Gasteiger partial charge in [-0.2, -0.15) is 9.36 Å². The van der Waals surface area contributed by atoms with E-state index in [0.717, 1.165) is 47.5 Å². The zero-order valence-electron chi connectivity index (χ0n) is 23.1. The number of azo groups is 1. The van der Waals surface area contributed by atoms with Gasteiger partial charge in [0.1, 0.15) is 6.54 Å². The number of likely N-dealkylation sites (N-methyl/N-ethyl adjacent to an activating group) is 2. The van der Waals surface area contributed by atoms with E-state index in [2.05, 4.69) is 94.9 Å². The van der Waals surface area contributed by atoms with Crippen LogP contribution in [-0.4, -0.2) is 57.4 Å². The fourth-order valence-electron chi connectivity index (χ4n) is 4.02. The molecule has 0 atom stereocenters. The zero-order chi connectivity index (χ0) is 29.2. The summed E-state index contributed by atoms with van der Waals surface area (Å²) in [5.74, 6) is 0.684. The maximum absolute atomic E-state index is 8.77. The van der Waals surface area contributed by atoms with Crippen LogP contribution in [0.25, 0.3) is 11.4 Å². The van der Waals surface area contributed by atoms with E-state index in [1.807, 2.05) is 36.4 Å². The third-order valence-corrected chi connectivity index (χ3v) is 6.65. The topological polar surface area (TPSA) is 134 Å². The minimum Gasteiger partial charge on any atom is -0.756 e. The van der Waals surface area contributed by atoms with Crippen LogP contribution in [0.4, 0.5) is 16.5 Å². The van der Waals surface area contributed by atoms with E-state index in [4.69, 9.17) is 19.2 Å². The highest BCUT2D eigenvalue weighted by atomic mass is 32.1. The quantitative estimate of drug-likeness (QED) is 0.144. The van der Waals surface area contributed by atoms with E-state index in [1.54, 1.807) is 0 Å². The molecule has 0 aliphatic heterocycles. The van der Waals surface area contributed by atoms with E-state index in [9.17, 15) is 0 Å². The summed E-state index contributed by atoms with van der Waals surface area (Å²) in [6.07, 6.45) is 0. The molecule has 1 heterocycles. The summed E-state index contributed by atoms with van der Waals surface area (Å²) < 4.78 is 14.1. The molecule has 0 radical (unpaired) electrons. The summed E-state index contributed by atoms with van der Waals surface area (Å²) in [7, 11) is -0.293. The zero-order valence-corrected chi connectivity index (χ0v) is 24.8. The van der Waals surface area contributed by atoms with E-state index >= 15 is 0 Å². The Labute approximate surface area is 239 Å². The Morgan fingerprint density at radius 3 is 2.23 bits per heavy atom. The number of nitrogens with zero attached hydrogens (tertiary/aromatic N) is 6. The number of aryl methyl sites for hydroxylation is 1. The van der Waals surface area contributed by atoms with Gasteiger partial charge in [0.25, 0.3) is 7.82 Å². The molecule has 12 heteroatoms. The molecule has 0 unspecified atom stereocenters. The minimum atomic E-state index is -4.89. The van der Waals surface area contributed by atoms with Crippen molar-refractivity contribution < 1.29 is 23.7 Å². The monoisotopic (exact) mass is 582 g/mol. The molecule has 0 fully saturated rings. The second kappa shape index (κ2) is 14.4. The molecule has 0 spiro atoms. The molecule has 0 aliphatic rings. The predicted molar refractivity (Wildman–Crippen MR) is 158 cm³/mol. The van der Waals surface area contributed by atoms with E-state index in [0.29, 0.717) is 11.0 Å². The van der Waals surface area contributed by atoms with Gasteiger partial charge < -0.3 is 24.1 Å². The fraction of sp³-hybridized carbons (Fsp3) is 0.286. The predicted octanol–water partition coefficient (Wildman–Crippen LogP) is 5.47. The van der Waals surface area contributed by atoms with Crippen molar-refractivity contribution in [1.82, 2.24) is 9.36 Å². The molecule has 0 bridgehead atoms. The molecule has 1 aromatic heterocycles. The third kappa shape index (κ3) is 10.7. The normalized spacial score (nSPS) is 11.8. The van der Waals surface area contributed by atoms with Gasteiger partial charge in [0.05, 0.1) is 32.9 Å². The number of phosphoric acid groups is 1. The van der Waals surface area contributed by atoms with Crippen molar-refractivity contribution in [1.29, 1.82) is 0 Å². The van der Waals surface area contributed by atoms with Gasteiger partial charge in [-0.05, 0) is 37.6 Å². The maximum Gasteiger partial charge on any atom is 0.262 e. The Balaban J connectivity index is 0.000000810. The molecule has 10 nitrogen and oxygen atoms in total. The Bertz CT molecular complexity index is 1420. The van der Waals surface area contributed by atoms with E-state index in [1.165, 1.54) is 22.8 Å². The standard InChI is InChI=1S/C28H33N6S.H3O4P/c1-5-33(18-19-34(3,4)21-23-12-8-6-9-13-23)25-16-17-26(22(2)20-25)30-31-28-29-27(32-35-28)24-14-10-7-11-15-24;1-5(2,3)4/h6-17,20H,5,18-19,21H2,1-4H3;(H3,1,2,3,4)/q+1;/p-1. The Kier molecular flexibility index (Phi) is 11.2. The summed E-state index contributed by atoms with van der Waals surface area (Å²) in [5, 5.41) is 9.35. The number of hydrogen-bond donors (Lipinski definition) is 2. The van der Waals surface area contributed by atoms with Crippen LogP contribution in [0.5, 0.6) is 0 Å². The summed E-state index contributed by atoms with van der Waals surface area (Å²) >= 11 is 1.26. The van der Waals surface area contributed by atoms with Crippen LogP contribution in [0.3, 0.4) is 0 Å². The SMILES string of the molecule is CCN(CC[N+](C)(C)Cc1ccccc1)c1ccc(N=Nc2nc(-c3ccccc3)ns2)c(C)c1.O=P([O-])(O)O. The van der Waals surface area contributed by atoms with Crippen LogP contribution in [0.15, 0.2) is 89.1 Å². The first-order chi connectivity index (χ1) is 18.9. The van der Waals surface area contributed by atoms with Gasteiger partial charge in [-0.3, -0.25) is 4.57 Å². The molecule has 0 aliphatic carbocycles. The molecule has 0 saturated carbocycles. The molecule has 3 aromatic carbocycles. The van der Waals surface area contributed by atoms with Gasteiger partial charge in [-0.15, -0.1) is 10.2 Å². The van der Waals surface area contributed by atoms with Gasteiger partial charge in [0.15, 0.2) is 5.82 Å². The van der Waals surface area contributed by atoms with Crippen LogP contribution in [0.2, 0.25) is 0 Å². The summed E-state index contributed by atoms with van der Waals surface area (Å²) in [6.45, 7) is 8.32. The molecular weight excluding hydrogens is 547 g/mol. The smallest absolute Gasteiger partial charge is 0.262 e. The molecule has 2 N–H and O–H groups in total. The van der Waals surface area contributed by atoms with Gasteiger partial charge in [0.2, 0.25) is 5.13 Å². The number of anilines is 1. The number of quaternary nitrogens is 1. The van der Waals surface area contributed by atoms with E-state index in [-0.39, 0.29) is 0 Å². The van der Waals surface area contributed by atoms with E-state index < -0.39 is 7.82 Å². The second-order valence-corrected chi connectivity index (χ2v) is 11.5. The molecule has 40 heavy (non-hydrogen) atoms. The van der Waals surface area contributed by atoms with Crippen molar-refractivity contribution in [2.24, 2.45) is 10.2 Å². The first-order valence-electron chi connectivity index (χ1n) is 12.7. The average molecular weight is 583 g/mol. The van der Waals surface area contributed by atoms with Crippen LogP contribution in [-0.2, 0) is 11.1 Å². The average Bonchev–Trinajstić information content (AvgIpc) is 3.37. The first-order valence-corrected chi connectivity index (χ1v) is 15.0. The largest absolute Gasteiger partial charge is 0.756 e. The second-order valence-electron chi connectivity index (χ2n) is 9.81. The van der Waals surface area contributed by atoms with Crippen LogP contribution < -0.4 is 9.79 Å². The molecule has 4 aromatic rings. The number of benzene rings is 3. The van der Waals surface area contributed by atoms with Crippen LogP contribution in [0.1, 0.15) is 18.1 Å². The van der Waals surface area contributed by atoms with Crippen molar-refractivity contribution in [3.05, 3.63) is 90.0 Å². The molecular formula is C28H35N6O4PS. The molecule has 212 valence electrons. The van der Waals surface area contributed by atoms with Crippen molar-refractivity contribution in [2.45, 2.75) is 20.4 Å². The van der Waals surface area contributed by atoms with Gasteiger partial charge in [-0.1, -0.05) is 60.7 Å². The number of aromatic nitrogens is 2. The van der Waals surface area contributed by atoms with Crippen molar-refractivity contribution in [3.63, 3.8) is 0 Å². The van der Waals surface area contributed by atoms with Crippen LogP contribution >= 0.6 is 19.4 Å². The first kappa shape index (κ1) is 31.2. The van der Waals surface area contributed by atoms with Crippen molar-refractivity contribution >= 4 is 35.9 Å². The minimum absolute atomic E-state index is 0.556. The lowest BCUT2D eigenvalue weighted by atomic mass is 10.1. The third-order valence-electron chi connectivity index (χ3n) is 6.05. The molecule has 4 rings (SSSR count). The van der Waals surface area contributed by atoms with Gasteiger partial charge in [-0.25, -0.2) is 0 Å². The van der Waals surface area contributed by atoms with Crippen molar-refractivity contribution in [2.75, 3.05) is 38.6 Å². The Hall–Kier alpha value is -3.31. The highest BCUT2D eigenvalue weighted by Crippen LogP contribution is 2.28. The lowest BCUT2D eigenvalue weighted by molar-refractivity contribution is -0.902. The van der Waals surface area contributed by atoms with Gasteiger partial charge >= 0.3 is 0 Å². The molecule has 0 saturated heterocycles. The fourth-order valence-corrected chi connectivity index (χ4v) is 4.54. The van der Waals surface area contributed by atoms with Crippen molar-refractivity contribution in [3.8, 4) is 11.4 Å². The lowest BCUT2D eigenvalue weighted by Crippen LogP contribution is -2.44. The lowest BCUT2D eigenvalue weighted by Gasteiger charge is -2.33. The summed E-state index contributed by atoms with van der Waals surface area (Å²) in [4.78, 5) is 29.8. The summed E-state index contributed by atoms with van der Waals surface area (Å²) in [5.41, 5.74) is 5.51. The number of hydrogen-bond acceptors (Lipinski definition) is 8. The van der Waals surface area contributed by atoms with Crippen LogP contribution in [0, 0.1) is 6.92 Å². The molecule has 0 amide bonds. The highest BCUT2D eigenvalue weighted by molar-refractivity contribution is 7.43. The highest BCUT2D eigenvalue weighted by Gasteiger charge is 2.18. The Morgan fingerprint density at radius 2 is 1.62 bits per heavy atom. The Morgan fingerprint density at radius 1 is 1.00 bits per heavy atom. The number of rotatable bonds is 10.